The summed E-state index contributed by atoms with van der Waals surface area (Å²) in [5, 5.41) is 15.3. The molecule has 0 atom stereocenters. The first-order valence-electron chi connectivity index (χ1n) is 4.15. The highest BCUT2D eigenvalue weighted by molar-refractivity contribution is 5.73. The van der Waals surface area contributed by atoms with Crippen molar-refractivity contribution in [1.82, 2.24) is 9.97 Å². The monoisotopic (exact) mass is 268 g/mol. The first-order chi connectivity index (χ1) is 8.23. The first-order valence-corrected chi connectivity index (χ1v) is 4.15. The zero-order chi connectivity index (χ0) is 14.2. The van der Waals surface area contributed by atoms with Crippen LogP contribution in [-0.4, -0.2) is 44.9 Å². The summed E-state index contributed by atoms with van der Waals surface area (Å²) in [5.41, 5.74) is 0. The number of aromatic nitrogens is 2. The van der Waals surface area contributed by atoms with Gasteiger partial charge in [0.1, 0.15) is 0 Å². The van der Waals surface area contributed by atoms with E-state index < -0.39 is 24.7 Å². The quantitative estimate of drug-likeness (QED) is 0.824. The van der Waals surface area contributed by atoms with Crippen molar-refractivity contribution in [3.05, 3.63) is 18.5 Å². The second-order valence-electron chi connectivity index (χ2n) is 2.52. The largest absolute Gasteiger partial charge is 0.490 e. The molecule has 7 nitrogen and oxygen atoms in total. The number of alkyl halides is 3. The molecule has 0 aromatic carbocycles. The fraction of sp³-hybridized carbons (Fsp3) is 0.250. The van der Waals surface area contributed by atoms with Crippen LogP contribution in [0, 0.1) is 0 Å². The molecule has 1 aromatic rings. The molecule has 0 aliphatic rings. The van der Waals surface area contributed by atoms with Gasteiger partial charge in [-0.05, 0) is 6.07 Å². The van der Waals surface area contributed by atoms with Gasteiger partial charge in [0.15, 0.2) is 6.61 Å². The highest BCUT2D eigenvalue weighted by Gasteiger charge is 2.38. The van der Waals surface area contributed by atoms with Gasteiger partial charge in [-0.3, -0.25) is 0 Å². The zero-order valence-electron chi connectivity index (χ0n) is 8.59. The number of carboxylic acids is 2. The van der Waals surface area contributed by atoms with Gasteiger partial charge < -0.3 is 14.9 Å². The standard InChI is InChI=1S/C6H6N2O3.C2HF3O2/c9-5(10)4-11-6-7-2-1-3-8-6;3-2(4,5)1(6)7/h1-3H,4H2,(H,9,10);(H,6,7). The Balaban J connectivity index is 0.000000360. The molecule has 18 heavy (non-hydrogen) atoms. The zero-order valence-corrected chi connectivity index (χ0v) is 8.59. The van der Waals surface area contributed by atoms with Gasteiger partial charge in [-0.2, -0.15) is 13.2 Å². The summed E-state index contributed by atoms with van der Waals surface area (Å²) in [5.74, 6) is -3.80. The number of aliphatic carboxylic acids is 2. The SMILES string of the molecule is O=C(O)C(F)(F)F.O=C(O)COc1ncccn1. The van der Waals surface area contributed by atoms with Crippen LogP contribution in [0.4, 0.5) is 13.2 Å². The molecule has 0 saturated carbocycles. The number of ether oxygens (including phenoxy) is 1. The van der Waals surface area contributed by atoms with Crippen molar-refractivity contribution in [1.29, 1.82) is 0 Å². The van der Waals surface area contributed by atoms with Gasteiger partial charge in [-0.1, -0.05) is 0 Å². The highest BCUT2D eigenvalue weighted by Crippen LogP contribution is 2.13. The van der Waals surface area contributed by atoms with Crippen LogP contribution in [0.15, 0.2) is 18.5 Å². The fourth-order valence-electron chi connectivity index (χ4n) is 0.486. The van der Waals surface area contributed by atoms with Gasteiger partial charge in [-0.25, -0.2) is 19.6 Å². The number of halogens is 3. The van der Waals surface area contributed by atoms with Gasteiger partial charge in [0, 0.05) is 12.4 Å². The Hall–Kier alpha value is -2.39. The molecule has 0 radical (unpaired) electrons. The summed E-state index contributed by atoms with van der Waals surface area (Å²) in [6.07, 6.45) is -2.13. The van der Waals surface area contributed by atoms with Gasteiger partial charge in [0.05, 0.1) is 0 Å². The molecule has 0 aliphatic heterocycles. The molecule has 0 unspecified atom stereocenters. The molecule has 0 fully saturated rings. The van der Waals surface area contributed by atoms with Gasteiger partial charge in [-0.15, -0.1) is 0 Å². The molecular weight excluding hydrogens is 261 g/mol. The van der Waals surface area contributed by atoms with Crippen molar-refractivity contribution in [2.75, 3.05) is 6.61 Å². The Labute approximate surface area is 97.9 Å². The lowest BCUT2D eigenvalue weighted by molar-refractivity contribution is -0.192. The lowest BCUT2D eigenvalue weighted by Gasteiger charge is -1.97. The fourth-order valence-corrected chi connectivity index (χ4v) is 0.486. The molecule has 0 aliphatic carbocycles. The third-order valence-corrected chi connectivity index (χ3v) is 1.11. The summed E-state index contributed by atoms with van der Waals surface area (Å²) in [6.45, 7) is -0.413. The van der Waals surface area contributed by atoms with Crippen molar-refractivity contribution in [3.8, 4) is 6.01 Å². The number of carboxylic acid groups (broad SMARTS) is 2. The predicted octanol–water partition coefficient (Wildman–Crippen LogP) is 0.573. The van der Waals surface area contributed by atoms with E-state index in [1.54, 1.807) is 6.07 Å². The Morgan fingerprint density at radius 2 is 1.67 bits per heavy atom. The third-order valence-electron chi connectivity index (χ3n) is 1.11. The molecular formula is C8H7F3N2O5. The number of hydrogen-bond acceptors (Lipinski definition) is 5. The molecule has 2 N–H and O–H groups in total. The van der Waals surface area contributed by atoms with E-state index in [2.05, 4.69) is 14.7 Å². The Morgan fingerprint density at radius 3 is 2.00 bits per heavy atom. The first kappa shape index (κ1) is 15.6. The van der Waals surface area contributed by atoms with Crippen LogP contribution in [0.5, 0.6) is 6.01 Å². The number of nitrogens with zero attached hydrogens (tertiary/aromatic N) is 2. The smallest absolute Gasteiger partial charge is 0.479 e. The van der Waals surface area contributed by atoms with Crippen molar-refractivity contribution >= 4 is 11.9 Å². The van der Waals surface area contributed by atoms with E-state index in [1.807, 2.05) is 0 Å². The summed E-state index contributed by atoms with van der Waals surface area (Å²) in [6, 6.07) is 1.70. The van der Waals surface area contributed by atoms with Crippen LogP contribution in [0.25, 0.3) is 0 Å². The van der Waals surface area contributed by atoms with Crippen LogP contribution in [0.3, 0.4) is 0 Å². The van der Waals surface area contributed by atoms with E-state index in [1.165, 1.54) is 12.4 Å². The van der Waals surface area contributed by atoms with Crippen LogP contribution in [0.2, 0.25) is 0 Å². The minimum absolute atomic E-state index is 0.0786. The van der Waals surface area contributed by atoms with Gasteiger partial charge >= 0.3 is 24.1 Å². The second-order valence-corrected chi connectivity index (χ2v) is 2.52. The number of carbonyl (C=O) groups is 2. The van der Waals surface area contributed by atoms with Crippen LogP contribution < -0.4 is 4.74 Å². The van der Waals surface area contributed by atoms with Crippen LogP contribution in [0.1, 0.15) is 0 Å². The lowest BCUT2D eigenvalue weighted by atomic mass is 10.7. The van der Waals surface area contributed by atoms with Crippen LogP contribution in [-0.2, 0) is 9.59 Å². The maximum absolute atomic E-state index is 10.6. The number of hydrogen-bond donors (Lipinski definition) is 2. The van der Waals surface area contributed by atoms with Gasteiger partial charge in [0.25, 0.3) is 0 Å². The summed E-state index contributed by atoms with van der Waals surface area (Å²) >= 11 is 0. The Kier molecular flexibility index (Phi) is 6.10. The molecule has 100 valence electrons. The van der Waals surface area contributed by atoms with Crippen molar-refractivity contribution in [2.24, 2.45) is 0 Å². The van der Waals surface area contributed by atoms with Crippen molar-refractivity contribution < 1.29 is 37.7 Å². The van der Waals surface area contributed by atoms with E-state index in [0.717, 1.165) is 0 Å². The van der Waals surface area contributed by atoms with E-state index in [-0.39, 0.29) is 6.01 Å². The molecule has 0 saturated heterocycles. The molecule has 10 heteroatoms. The molecule has 0 bridgehead atoms. The van der Waals surface area contributed by atoms with Crippen molar-refractivity contribution in [2.45, 2.75) is 6.18 Å². The lowest BCUT2D eigenvalue weighted by Crippen LogP contribution is -2.21. The van der Waals surface area contributed by atoms with E-state index >= 15 is 0 Å². The summed E-state index contributed by atoms with van der Waals surface area (Å²) in [4.78, 5) is 26.2. The second kappa shape index (κ2) is 7.04. The maximum Gasteiger partial charge on any atom is 0.490 e. The molecule has 1 heterocycles. The summed E-state index contributed by atoms with van der Waals surface area (Å²) < 4.78 is 36.4. The molecule has 0 amide bonds. The predicted molar refractivity (Wildman–Crippen MR) is 48.9 cm³/mol. The Bertz CT molecular complexity index is 395. The van der Waals surface area contributed by atoms with E-state index in [4.69, 9.17) is 15.0 Å². The highest BCUT2D eigenvalue weighted by atomic mass is 19.4. The number of rotatable bonds is 3. The normalized spacial score (nSPS) is 9.94. The maximum atomic E-state index is 10.6. The van der Waals surface area contributed by atoms with Crippen LogP contribution >= 0.6 is 0 Å². The summed E-state index contributed by atoms with van der Waals surface area (Å²) in [7, 11) is 0. The topological polar surface area (TPSA) is 110 Å². The van der Waals surface area contributed by atoms with E-state index in [0.29, 0.717) is 0 Å². The van der Waals surface area contributed by atoms with E-state index in [9.17, 15) is 18.0 Å². The third kappa shape index (κ3) is 7.84. The molecule has 1 rings (SSSR count). The van der Waals surface area contributed by atoms with Crippen molar-refractivity contribution in [3.63, 3.8) is 0 Å². The Morgan fingerprint density at radius 1 is 1.22 bits per heavy atom. The average molecular weight is 268 g/mol. The average Bonchev–Trinajstić information content (AvgIpc) is 2.27. The molecule has 1 aromatic heterocycles. The van der Waals surface area contributed by atoms with Gasteiger partial charge in [0.2, 0.25) is 0 Å². The minimum Gasteiger partial charge on any atom is -0.479 e. The minimum atomic E-state index is -5.08. The molecule has 0 spiro atoms.